The molecule has 8 nitrogen and oxygen atoms in total. The van der Waals surface area contributed by atoms with Crippen molar-refractivity contribution in [2.24, 2.45) is 0 Å². The van der Waals surface area contributed by atoms with Crippen LogP contribution in [0.5, 0.6) is 0 Å². The van der Waals surface area contributed by atoms with E-state index in [2.05, 4.69) is 5.10 Å². The van der Waals surface area contributed by atoms with Crippen LogP contribution in [0.15, 0.2) is 59.4 Å². The van der Waals surface area contributed by atoms with Gasteiger partial charge in [0.05, 0.1) is 24.3 Å². The predicted molar refractivity (Wildman–Crippen MR) is 105 cm³/mol. The molecule has 3 aromatic rings. The molecule has 0 atom stereocenters. The Morgan fingerprint density at radius 3 is 2.34 bits per heavy atom. The highest BCUT2D eigenvalue weighted by atomic mass is 16.5. The van der Waals surface area contributed by atoms with Crippen LogP contribution in [-0.4, -0.2) is 59.5 Å². The number of rotatable bonds is 4. The number of aromatic nitrogens is 2. The van der Waals surface area contributed by atoms with Crippen molar-refractivity contribution < 1.29 is 19.1 Å². The summed E-state index contributed by atoms with van der Waals surface area (Å²) in [6.45, 7) is 1.48. The van der Waals surface area contributed by atoms with Crippen molar-refractivity contribution in [2.45, 2.75) is 0 Å². The quantitative estimate of drug-likeness (QED) is 0.623. The summed E-state index contributed by atoms with van der Waals surface area (Å²) in [5.74, 6) is -1.05. The van der Waals surface area contributed by atoms with Gasteiger partial charge in [0.1, 0.15) is 0 Å². The molecule has 148 valence electrons. The number of nitrogens with zero attached hydrogens (tertiary/aromatic N) is 3. The molecule has 0 saturated carbocycles. The third-order valence-electron chi connectivity index (χ3n) is 4.69. The van der Waals surface area contributed by atoms with Crippen molar-refractivity contribution in [2.75, 3.05) is 32.9 Å². The second-order valence-corrected chi connectivity index (χ2v) is 6.52. The number of carbonyl (C=O) groups excluding carboxylic acids is 2. The molecule has 1 aliphatic heterocycles. The average Bonchev–Trinajstić information content (AvgIpc) is 2.79. The minimum Gasteiger partial charge on any atom is -0.451 e. The van der Waals surface area contributed by atoms with E-state index in [9.17, 15) is 14.4 Å². The second kappa shape index (κ2) is 8.24. The summed E-state index contributed by atoms with van der Waals surface area (Å²) in [5.41, 5.74) is 0.174. The van der Waals surface area contributed by atoms with Gasteiger partial charge in [0.15, 0.2) is 12.3 Å². The van der Waals surface area contributed by atoms with E-state index >= 15 is 0 Å². The number of fused-ring (bicyclic) bond motifs is 1. The molecule has 0 unspecified atom stereocenters. The molecule has 2 heterocycles. The molecule has 0 radical (unpaired) electrons. The summed E-state index contributed by atoms with van der Waals surface area (Å²) in [6, 6.07) is 15.5. The Hall–Kier alpha value is -3.52. The van der Waals surface area contributed by atoms with E-state index in [-0.39, 0.29) is 23.8 Å². The maximum absolute atomic E-state index is 12.9. The molecule has 0 aliphatic carbocycles. The standard InChI is InChI=1S/C21H19N3O5/c25-18(23-10-12-28-13-11-23)14-29-21(27)19-16-8-4-5-9-17(16)20(26)24(22-19)15-6-2-1-3-7-15/h1-9H,10-14H2. The zero-order valence-corrected chi connectivity index (χ0v) is 15.6. The number of para-hydroxylation sites is 1. The van der Waals surface area contributed by atoms with Crippen LogP contribution >= 0.6 is 0 Å². The van der Waals surface area contributed by atoms with Crippen molar-refractivity contribution >= 4 is 22.6 Å². The van der Waals surface area contributed by atoms with Crippen LogP contribution in [0, 0.1) is 0 Å². The molecule has 1 saturated heterocycles. The summed E-state index contributed by atoms with van der Waals surface area (Å²) < 4.78 is 11.6. The van der Waals surface area contributed by atoms with Gasteiger partial charge in [-0.25, -0.2) is 4.79 Å². The lowest BCUT2D eigenvalue weighted by atomic mass is 10.1. The van der Waals surface area contributed by atoms with Gasteiger partial charge < -0.3 is 14.4 Å². The molecule has 1 aromatic heterocycles. The van der Waals surface area contributed by atoms with Gasteiger partial charge in [0.25, 0.3) is 11.5 Å². The Bertz CT molecular complexity index is 1100. The van der Waals surface area contributed by atoms with Crippen LogP contribution in [0.2, 0.25) is 0 Å². The zero-order chi connectivity index (χ0) is 20.2. The van der Waals surface area contributed by atoms with Crippen LogP contribution in [0.1, 0.15) is 10.5 Å². The van der Waals surface area contributed by atoms with E-state index in [4.69, 9.17) is 9.47 Å². The number of esters is 1. The lowest BCUT2D eigenvalue weighted by Crippen LogP contribution is -2.42. The van der Waals surface area contributed by atoms with Crippen LogP contribution in [0.25, 0.3) is 16.5 Å². The number of benzene rings is 2. The molecule has 1 amide bonds. The maximum Gasteiger partial charge on any atom is 0.359 e. The van der Waals surface area contributed by atoms with Gasteiger partial charge in [-0.1, -0.05) is 36.4 Å². The summed E-state index contributed by atoms with van der Waals surface area (Å²) in [5, 5.41) is 4.97. The summed E-state index contributed by atoms with van der Waals surface area (Å²) in [7, 11) is 0. The first-order valence-corrected chi connectivity index (χ1v) is 9.25. The Morgan fingerprint density at radius 1 is 0.966 bits per heavy atom. The van der Waals surface area contributed by atoms with Gasteiger partial charge in [0, 0.05) is 18.5 Å². The Balaban J connectivity index is 1.65. The summed E-state index contributed by atoms with van der Waals surface area (Å²) in [6.07, 6.45) is 0. The van der Waals surface area contributed by atoms with Crippen LogP contribution in [0.4, 0.5) is 0 Å². The minimum absolute atomic E-state index is 0.0150. The van der Waals surface area contributed by atoms with Crippen molar-refractivity contribution in [1.29, 1.82) is 0 Å². The highest BCUT2D eigenvalue weighted by Crippen LogP contribution is 2.16. The van der Waals surface area contributed by atoms with Gasteiger partial charge >= 0.3 is 5.97 Å². The number of hydrogen-bond acceptors (Lipinski definition) is 6. The largest absolute Gasteiger partial charge is 0.451 e. The number of morpholine rings is 1. The SMILES string of the molecule is O=C(OCC(=O)N1CCOCC1)c1nn(-c2ccccc2)c(=O)c2ccccc12. The van der Waals surface area contributed by atoms with E-state index in [1.165, 1.54) is 4.68 Å². The molecule has 4 rings (SSSR count). The molecule has 29 heavy (non-hydrogen) atoms. The fraction of sp³-hybridized carbons (Fsp3) is 0.238. The highest BCUT2D eigenvalue weighted by molar-refractivity contribution is 6.02. The Kier molecular flexibility index (Phi) is 5.35. The van der Waals surface area contributed by atoms with Crippen molar-refractivity contribution in [3.63, 3.8) is 0 Å². The molecular weight excluding hydrogens is 374 g/mol. The average molecular weight is 393 g/mol. The van der Waals surface area contributed by atoms with Crippen LogP contribution in [-0.2, 0) is 14.3 Å². The summed E-state index contributed by atoms with van der Waals surface area (Å²) in [4.78, 5) is 39.4. The van der Waals surface area contributed by atoms with Crippen LogP contribution < -0.4 is 5.56 Å². The Morgan fingerprint density at radius 2 is 1.62 bits per heavy atom. The third-order valence-corrected chi connectivity index (χ3v) is 4.69. The van der Waals surface area contributed by atoms with Gasteiger partial charge in [-0.2, -0.15) is 9.78 Å². The van der Waals surface area contributed by atoms with Gasteiger partial charge in [0.2, 0.25) is 0 Å². The van der Waals surface area contributed by atoms with E-state index in [1.807, 2.05) is 6.07 Å². The summed E-state index contributed by atoms with van der Waals surface area (Å²) >= 11 is 0. The Labute approximate surface area is 166 Å². The van der Waals surface area contributed by atoms with E-state index in [0.717, 1.165) is 0 Å². The van der Waals surface area contributed by atoms with Gasteiger partial charge in [-0.15, -0.1) is 0 Å². The first-order valence-electron chi connectivity index (χ1n) is 9.25. The number of hydrogen-bond donors (Lipinski definition) is 0. The molecule has 0 spiro atoms. The maximum atomic E-state index is 12.9. The molecular formula is C21H19N3O5. The molecule has 0 bridgehead atoms. The van der Waals surface area contributed by atoms with E-state index < -0.39 is 5.97 Å². The van der Waals surface area contributed by atoms with E-state index in [0.29, 0.717) is 42.8 Å². The first kappa shape index (κ1) is 18.8. The minimum atomic E-state index is -0.757. The van der Waals surface area contributed by atoms with Crippen molar-refractivity contribution in [1.82, 2.24) is 14.7 Å². The molecule has 1 fully saturated rings. The fourth-order valence-corrected chi connectivity index (χ4v) is 3.18. The number of carbonyl (C=O) groups is 2. The predicted octanol–water partition coefficient (Wildman–Crippen LogP) is 1.40. The van der Waals surface area contributed by atoms with Crippen molar-refractivity contribution in [3.8, 4) is 5.69 Å². The molecule has 1 aliphatic rings. The van der Waals surface area contributed by atoms with Gasteiger partial charge in [-0.3, -0.25) is 9.59 Å². The van der Waals surface area contributed by atoms with E-state index in [1.54, 1.807) is 53.4 Å². The van der Waals surface area contributed by atoms with Crippen molar-refractivity contribution in [3.05, 3.63) is 70.6 Å². The smallest absolute Gasteiger partial charge is 0.359 e. The van der Waals surface area contributed by atoms with Crippen LogP contribution in [0.3, 0.4) is 0 Å². The zero-order valence-electron chi connectivity index (χ0n) is 15.6. The third kappa shape index (κ3) is 3.88. The molecule has 0 N–H and O–H groups in total. The highest BCUT2D eigenvalue weighted by Gasteiger charge is 2.22. The topological polar surface area (TPSA) is 90.7 Å². The normalized spacial score (nSPS) is 14.0. The lowest BCUT2D eigenvalue weighted by molar-refractivity contribution is -0.138. The first-order chi connectivity index (χ1) is 14.1. The lowest BCUT2D eigenvalue weighted by Gasteiger charge is -2.26. The number of ether oxygens (including phenoxy) is 2. The second-order valence-electron chi connectivity index (χ2n) is 6.52. The molecule has 2 aromatic carbocycles. The van der Waals surface area contributed by atoms with Gasteiger partial charge in [-0.05, 0) is 18.2 Å². The monoisotopic (exact) mass is 393 g/mol. The molecule has 8 heteroatoms. The fourth-order valence-electron chi connectivity index (χ4n) is 3.18. The number of amides is 1.